The first-order valence-corrected chi connectivity index (χ1v) is 7.21. The number of carbonyl (C=O) groups is 2. The van der Waals surface area contributed by atoms with E-state index in [9.17, 15) is 9.59 Å². The van der Waals surface area contributed by atoms with Gasteiger partial charge in [-0.15, -0.1) is 0 Å². The molecule has 0 N–H and O–H groups in total. The molecule has 4 rings (SSSR count). The maximum Gasteiger partial charge on any atom is 0.346 e. The average Bonchev–Trinajstić information content (AvgIpc) is 3.22. The molecule has 0 radical (unpaired) electrons. The number of hydrogen-bond acceptors (Lipinski definition) is 5. The van der Waals surface area contributed by atoms with Gasteiger partial charge in [-0.25, -0.2) is 9.59 Å². The summed E-state index contributed by atoms with van der Waals surface area (Å²) >= 11 is 0. The van der Waals surface area contributed by atoms with Crippen LogP contribution in [0.3, 0.4) is 0 Å². The summed E-state index contributed by atoms with van der Waals surface area (Å²) in [5, 5.41) is 0.618. The van der Waals surface area contributed by atoms with E-state index in [1.807, 2.05) is 0 Å². The summed E-state index contributed by atoms with van der Waals surface area (Å²) in [5.41, 5.74) is 2.02. The molecule has 2 aromatic carbocycles. The minimum absolute atomic E-state index is 0.299. The number of rotatable bonds is 2. The molecule has 5 heteroatoms. The van der Waals surface area contributed by atoms with E-state index >= 15 is 0 Å². The molecule has 0 saturated carbocycles. The number of esters is 2. The van der Waals surface area contributed by atoms with Crippen molar-refractivity contribution in [3.63, 3.8) is 0 Å². The number of furan rings is 1. The Bertz CT molecular complexity index is 922. The van der Waals surface area contributed by atoms with Crippen molar-refractivity contribution >= 4 is 22.9 Å². The van der Waals surface area contributed by atoms with Crippen LogP contribution >= 0.6 is 0 Å². The molecule has 0 unspecified atom stereocenters. The lowest BCUT2D eigenvalue weighted by molar-refractivity contribution is 0.0398. The van der Waals surface area contributed by atoms with Crippen molar-refractivity contribution in [1.29, 1.82) is 0 Å². The molecule has 0 amide bonds. The minimum Gasteiger partial charge on any atom is -0.493 e. The smallest absolute Gasteiger partial charge is 0.346 e. The number of hydrogen-bond donors (Lipinski definition) is 0. The number of fused-ring (bicyclic) bond motifs is 2. The Kier molecular flexibility index (Phi) is 3.12. The second kappa shape index (κ2) is 5.28. The molecule has 1 aliphatic rings. The summed E-state index contributed by atoms with van der Waals surface area (Å²) in [6.07, 6.45) is 2.12. The van der Waals surface area contributed by atoms with Gasteiger partial charge in [0.25, 0.3) is 0 Å². The first-order chi connectivity index (χ1) is 11.2. The Hall–Kier alpha value is -3.08. The van der Waals surface area contributed by atoms with Crippen molar-refractivity contribution < 1.29 is 23.5 Å². The highest BCUT2D eigenvalue weighted by Crippen LogP contribution is 2.29. The summed E-state index contributed by atoms with van der Waals surface area (Å²) < 4.78 is 15.7. The molecule has 5 nitrogen and oxygen atoms in total. The molecule has 0 aliphatic carbocycles. The lowest BCUT2D eigenvalue weighted by Crippen LogP contribution is -2.14. The summed E-state index contributed by atoms with van der Waals surface area (Å²) in [5.74, 6) is -0.694. The third kappa shape index (κ3) is 2.26. The van der Waals surface area contributed by atoms with Gasteiger partial charge >= 0.3 is 11.9 Å². The molecule has 0 bridgehead atoms. The van der Waals surface area contributed by atoms with Gasteiger partial charge in [0, 0.05) is 17.4 Å². The SMILES string of the molecule is O=C(OC(=O)c1cccc2occc12)c1cccc2c1CCO2. The largest absolute Gasteiger partial charge is 0.493 e. The fourth-order valence-electron chi connectivity index (χ4n) is 2.78. The van der Waals surface area contributed by atoms with Gasteiger partial charge in [-0.3, -0.25) is 0 Å². The van der Waals surface area contributed by atoms with Gasteiger partial charge in [-0.05, 0) is 30.3 Å². The molecule has 0 atom stereocenters. The fourth-order valence-corrected chi connectivity index (χ4v) is 2.78. The van der Waals surface area contributed by atoms with E-state index in [1.165, 1.54) is 6.26 Å². The third-order valence-electron chi connectivity index (χ3n) is 3.86. The van der Waals surface area contributed by atoms with Crippen LogP contribution in [0.5, 0.6) is 5.75 Å². The van der Waals surface area contributed by atoms with Gasteiger partial charge in [-0.2, -0.15) is 0 Å². The molecule has 0 saturated heterocycles. The van der Waals surface area contributed by atoms with E-state index < -0.39 is 11.9 Å². The molecular weight excluding hydrogens is 296 g/mol. The lowest BCUT2D eigenvalue weighted by Gasteiger charge is -2.07. The zero-order valence-corrected chi connectivity index (χ0v) is 12.1. The average molecular weight is 308 g/mol. The van der Waals surface area contributed by atoms with Crippen LogP contribution in [-0.4, -0.2) is 18.5 Å². The highest BCUT2D eigenvalue weighted by Gasteiger charge is 2.24. The highest BCUT2D eigenvalue weighted by atomic mass is 16.6. The fraction of sp³-hybridized carbons (Fsp3) is 0.111. The monoisotopic (exact) mass is 308 g/mol. The summed E-state index contributed by atoms with van der Waals surface area (Å²) in [7, 11) is 0. The van der Waals surface area contributed by atoms with Gasteiger partial charge in [0.15, 0.2) is 0 Å². The molecule has 0 spiro atoms. The van der Waals surface area contributed by atoms with E-state index in [1.54, 1.807) is 42.5 Å². The second-order valence-electron chi connectivity index (χ2n) is 5.20. The molecule has 23 heavy (non-hydrogen) atoms. The normalized spacial score (nSPS) is 12.7. The van der Waals surface area contributed by atoms with Gasteiger partial charge in [0.2, 0.25) is 0 Å². The molecular formula is C18H12O5. The van der Waals surface area contributed by atoms with E-state index in [2.05, 4.69) is 0 Å². The van der Waals surface area contributed by atoms with Crippen LogP contribution in [0.2, 0.25) is 0 Å². The predicted octanol–water partition coefficient (Wildman–Crippen LogP) is 3.36. The van der Waals surface area contributed by atoms with Gasteiger partial charge in [-0.1, -0.05) is 12.1 Å². The summed E-state index contributed by atoms with van der Waals surface area (Å²) in [6, 6.07) is 11.9. The Morgan fingerprint density at radius 3 is 2.65 bits per heavy atom. The Labute approximate surface area is 131 Å². The van der Waals surface area contributed by atoms with Crippen LogP contribution in [0, 0.1) is 0 Å². The van der Waals surface area contributed by atoms with Crippen molar-refractivity contribution in [3.8, 4) is 5.75 Å². The number of carbonyl (C=O) groups excluding carboxylic acids is 2. The lowest BCUT2D eigenvalue weighted by atomic mass is 10.1. The van der Waals surface area contributed by atoms with Crippen molar-refractivity contribution in [2.45, 2.75) is 6.42 Å². The van der Waals surface area contributed by atoms with Gasteiger partial charge < -0.3 is 13.9 Å². The van der Waals surface area contributed by atoms with Crippen LogP contribution in [0.1, 0.15) is 26.3 Å². The maximum absolute atomic E-state index is 12.3. The molecule has 1 aliphatic heterocycles. The van der Waals surface area contributed by atoms with E-state index in [-0.39, 0.29) is 0 Å². The van der Waals surface area contributed by atoms with E-state index in [0.717, 1.165) is 5.56 Å². The van der Waals surface area contributed by atoms with E-state index in [0.29, 0.717) is 40.9 Å². The zero-order chi connectivity index (χ0) is 15.8. The minimum atomic E-state index is -0.696. The zero-order valence-electron chi connectivity index (χ0n) is 12.1. The van der Waals surface area contributed by atoms with Crippen LogP contribution in [0.25, 0.3) is 11.0 Å². The van der Waals surface area contributed by atoms with Crippen LogP contribution in [0.4, 0.5) is 0 Å². The van der Waals surface area contributed by atoms with Crippen LogP contribution in [-0.2, 0) is 11.2 Å². The molecule has 3 aromatic rings. The first kappa shape index (κ1) is 13.6. The Morgan fingerprint density at radius 1 is 0.957 bits per heavy atom. The van der Waals surface area contributed by atoms with Crippen molar-refractivity contribution in [2.24, 2.45) is 0 Å². The first-order valence-electron chi connectivity index (χ1n) is 7.21. The van der Waals surface area contributed by atoms with Gasteiger partial charge in [0.05, 0.1) is 24.0 Å². The molecule has 0 fully saturated rings. The van der Waals surface area contributed by atoms with Gasteiger partial charge in [0.1, 0.15) is 11.3 Å². The Morgan fingerprint density at radius 2 is 1.74 bits per heavy atom. The van der Waals surface area contributed by atoms with Crippen LogP contribution < -0.4 is 4.74 Å². The molecule has 114 valence electrons. The Balaban J connectivity index is 1.63. The second-order valence-corrected chi connectivity index (χ2v) is 5.20. The van der Waals surface area contributed by atoms with Crippen molar-refractivity contribution in [1.82, 2.24) is 0 Å². The van der Waals surface area contributed by atoms with Crippen molar-refractivity contribution in [3.05, 3.63) is 65.4 Å². The quantitative estimate of drug-likeness (QED) is 0.536. The molecule has 1 aromatic heterocycles. The standard InChI is InChI=1S/C18H12O5/c19-17(13-3-1-5-15-11(13)7-9-21-15)23-18(20)14-4-2-6-16-12(14)8-10-22-16/h1-7,9H,8,10H2. The number of benzene rings is 2. The third-order valence-corrected chi connectivity index (χ3v) is 3.86. The van der Waals surface area contributed by atoms with Crippen LogP contribution in [0.15, 0.2) is 53.1 Å². The topological polar surface area (TPSA) is 65.7 Å². The molecule has 2 heterocycles. The summed E-state index contributed by atoms with van der Waals surface area (Å²) in [4.78, 5) is 24.7. The summed E-state index contributed by atoms with van der Waals surface area (Å²) in [6.45, 7) is 0.530. The predicted molar refractivity (Wildman–Crippen MR) is 81.6 cm³/mol. The number of ether oxygens (including phenoxy) is 2. The van der Waals surface area contributed by atoms with E-state index in [4.69, 9.17) is 13.9 Å². The van der Waals surface area contributed by atoms with Crippen molar-refractivity contribution in [2.75, 3.05) is 6.61 Å². The maximum atomic E-state index is 12.3. The highest BCUT2D eigenvalue weighted by molar-refractivity contribution is 6.09.